The van der Waals surface area contributed by atoms with Gasteiger partial charge in [0.05, 0.1) is 18.8 Å². The Morgan fingerprint density at radius 1 is 0.923 bits per heavy atom. The van der Waals surface area contributed by atoms with Crippen molar-refractivity contribution in [3.8, 4) is 0 Å². The molecule has 0 atom stereocenters. The van der Waals surface area contributed by atoms with Gasteiger partial charge in [-0.3, -0.25) is 4.72 Å². The van der Waals surface area contributed by atoms with Crippen LogP contribution in [0.15, 0.2) is 24.3 Å². The molecule has 4 heteroatoms. The van der Waals surface area contributed by atoms with E-state index in [9.17, 15) is 0 Å². The molecule has 1 aromatic carbocycles. The quantitative estimate of drug-likeness (QED) is 0.701. The van der Waals surface area contributed by atoms with Gasteiger partial charge in [-0.1, -0.05) is 57.0 Å². The number of nitrogens with one attached hydrogen (secondary N) is 1. The molecule has 0 bridgehead atoms. The summed E-state index contributed by atoms with van der Waals surface area (Å²) in [5.74, 6) is -0.334. The van der Waals surface area contributed by atoms with Gasteiger partial charge in [-0.15, -0.1) is 0 Å². The van der Waals surface area contributed by atoms with Gasteiger partial charge < -0.3 is 9.47 Å². The maximum Gasteiger partial charge on any atom is 0.168 e. The molecule has 3 rings (SSSR count). The Kier molecular flexibility index (Phi) is 5.53. The molecule has 1 heterocycles. The van der Waals surface area contributed by atoms with Crippen molar-refractivity contribution in [2.45, 2.75) is 88.7 Å². The van der Waals surface area contributed by atoms with Crippen molar-refractivity contribution in [3.05, 3.63) is 35.4 Å². The monoisotopic (exact) mass is 377 g/mol. The highest BCUT2D eigenvalue weighted by Gasteiger charge is 2.47. The smallest absolute Gasteiger partial charge is 0.168 e. The summed E-state index contributed by atoms with van der Waals surface area (Å²) in [6.07, 6.45) is 3.96. The topological polar surface area (TPSA) is 30.5 Å². The third-order valence-electron chi connectivity index (χ3n) is 5.51. The molecule has 0 radical (unpaired) electrons. The normalized spacial score (nSPS) is 22.7. The number of hydrogen-bond acceptors (Lipinski definition) is 4. The molecule has 1 aliphatic heterocycles. The minimum absolute atomic E-state index is 0.0280. The second-order valence-electron chi connectivity index (χ2n) is 9.84. The average molecular weight is 378 g/mol. The highest BCUT2D eigenvalue weighted by molar-refractivity contribution is 7.98. The molecule has 2 fully saturated rings. The molecule has 26 heavy (non-hydrogen) atoms. The minimum atomic E-state index is -0.334. The summed E-state index contributed by atoms with van der Waals surface area (Å²) in [5.41, 5.74) is 2.92. The molecule has 1 N–H and O–H groups in total. The maximum absolute atomic E-state index is 5.98. The van der Waals surface area contributed by atoms with Gasteiger partial charge in [0.25, 0.3) is 0 Å². The Hall–Kier alpha value is -0.550. The summed E-state index contributed by atoms with van der Waals surface area (Å²) in [6, 6.07) is 9.17. The van der Waals surface area contributed by atoms with E-state index in [0.29, 0.717) is 0 Å². The lowest BCUT2D eigenvalue weighted by molar-refractivity contribution is -0.185. The Bertz CT molecular complexity index is 614. The van der Waals surface area contributed by atoms with E-state index in [4.69, 9.17) is 9.47 Å². The number of ether oxygens (including phenoxy) is 2. The zero-order valence-electron chi connectivity index (χ0n) is 17.3. The molecule has 3 nitrogen and oxygen atoms in total. The molecule has 1 aromatic rings. The molecule has 1 saturated carbocycles. The van der Waals surface area contributed by atoms with Crippen LogP contribution < -0.4 is 4.72 Å². The van der Waals surface area contributed by atoms with Crippen molar-refractivity contribution in [2.75, 3.05) is 13.2 Å². The van der Waals surface area contributed by atoms with Gasteiger partial charge >= 0.3 is 0 Å². The van der Waals surface area contributed by atoms with E-state index in [0.717, 1.165) is 38.9 Å². The molecule has 0 unspecified atom stereocenters. The van der Waals surface area contributed by atoms with Gasteiger partial charge in [-0.05, 0) is 50.2 Å². The summed E-state index contributed by atoms with van der Waals surface area (Å²) in [6.45, 7) is 15.1. The highest BCUT2D eigenvalue weighted by Crippen LogP contribution is 2.47. The van der Waals surface area contributed by atoms with E-state index in [1.807, 2.05) is 11.9 Å². The third kappa shape index (κ3) is 4.46. The van der Waals surface area contributed by atoms with Gasteiger partial charge in [-0.2, -0.15) is 0 Å². The first-order chi connectivity index (χ1) is 12.0. The Labute approximate surface area is 163 Å². The number of hydrogen-bond donors (Lipinski definition) is 1. The SMILES string of the molecule is CC(C)(C)SNC1(c2cccc(C(C)(C)C)c2)CCC2(CC1)OCCO2. The van der Waals surface area contributed by atoms with Crippen molar-refractivity contribution < 1.29 is 9.47 Å². The van der Waals surface area contributed by atoms with E-state index in [-0.39, 0.29) is 21.5 Å². The van der Waals surface area contributed by atoms with Crippen LogP contribution in [0.5, 0.6) is 0 Å². The lowest BCUT2D eigenvalue weighted by atomic mass is 9.73. The molecule has 0 aromatic heterocycles. The molecular weight excluding hydrogens is 342 g/mol. The fraction of sp³-hybridized carbons (Fsp3) is 0.727. The molecule has 2 aliphatic rings. The van der Waals surface area contributed by atoms with E-state index in [1.165, 1.54) is 11.1 Å². The van der Waals surface area contributed by atoms with Crippen LogP contribution in [0.4, 0.5) is 0 Å². The van der Waals surface area contributed by atoms with Crippen LogP contribution >= 0.6 is 11.9 Å². The van der Waals surface area contributed by atoms with Crippen molar-refractivity contribution in [3.63, 3.8) is 0 Å². The zero-order chi connectivity index (χ0) is 19.1. The largest absolute Gasteiger partial charge is 0.348 e. The predicted octanol–water partition coefficient (Wildman–Crippen LogP) is 5.53. The zero-order valence-corrected chi connectivity index (χ0v) is 18.1. The third-order valence-corrected chi connectivity index (χ3v) is 6.62. The van der Waals surface area contributed by atoms with Crippen LogP contribution in [0, 0.1) is 0 Å². The lowest BCUT2D eigenvalue weighted by Crippen LogP contribution is -2.48. The van der Waals surface area contributed by atoms with Gasteiger partial charge in [0.2, 0.25) is 0 Å². The number of benzene rings is 1. The molecule has 0 amide bonds. The number of rotatable bonds is 3. The maximum atomic E-state index is 5.98. The van der Waals surface area contributed by atoms with Crippen molar-refractivity contribution >= 4 is 11.9 Å². The Balaban J connectivity index is 1.89. The Morgan fingerprint density at radius 3 is 2.08 bits per heavy atom. The molecule has 1 saturated heterocycles. The van der Waals surface area contributed by atoms with Crippen LogP contribution in [0.25, 0.3) is 0 Å². The van der Waals surface area contributed by atoms with E-state index < -0.39 is 0 Å². The van der Waals surface area contributed by atoms with E-state index in [1.54, 1.807) is 0 Å². The summed E-state index contributed by atoms with van der Waals surface area (Å²) < 4.78 is 16.0. The lowest BCUT2D eigenvalue weighted by Gasteiger charge is -2.45. The highest BCUT2D eigenvalue weighted by atomic mass is 32.2. The molecular formula is C22H35NO2S. The van der Waals surface area contributed by atoms with E-state index in [2.05, 4.69) is 70.5 Å². The predicted molar refractivity (Wildman–Crippen MR) is 110 cm³/mol. The fourth-order valence-electron chi connectivity index (χ4n) is 3.83. The second kappa shape index (κ2) is 7.12. The van der Waals surface area contributed by atoms with Crippen LogP contribution in [-0.2, 0) is 20.4 Å². The first-order valence-electron chi connectivity index (χ1n) is 9.88. The van der Waals surface area contributed by atoms with Gasteiger partial charge in [0.1, 0.15) is 0 Å². The first-order valence-corrected chi connectivity index (χ1v) is 10.7. The summed E-state index contributed by atoms with van der Waals surface area (Å²) in [5, 5.41) is 0. The molecule has 1 aliphatic carbocycles. The van der Waals surface area contributed by atoms with Gasteiger partial charge in [0, 0.05) is 17.6 Å². The van der Waals surface area contributed by atoms with Crippen LogP contribution in [0.2, 0.25) is 0 Å². The molecule has 1 spiro atoms. The first kappa shape index (κ1) is 20.2. The Morgan fingerprint density at radius 2 is 1.54 bits per heavy atom. The van der Waals surface area contributed by atoms with Gasteiger partial charge in [0.15, 0.2) is 5.79 Å². The standard InChI is InChI=1S/C22H35NO2S/c1-19(2,3)17-8-7-9-18(16-17)21(23-26-20(4,5)6)10-12-22(13-11-21)24-14-15-25-22/h7-9,16,23H,10-15H2,1-6H3. The summed E-state index contributed by atoms with van der Waals surface area (Å²) >= 11 is 1.85. The average Bonchev–Trinajstić information content (AvgIpc) is 3.02. The van der Waals surface area contributed by atoms with Crippen molar-refractivity contribution in [1.82, 2.24) is 4.72 Å². The molecule has 146 valence electrons. The van der Waals surface area contributed by atoms with Crippen molar-refractivity contribution in [1.29, 1.82) is 0 Å². The van der Waals surface area contributed by atoms with Crippen molar-refractivity contribution in [2.24, 2.45) is 0 Å². The summed E-state index contributed by atoms with van der Waals surface area (Å²) in [4.78, 5) is 0. The van der Waals surface area contributed by atoms with Crippen LogP contribution in [-0.4, -0.2) is 23.7 Å². The van der Waals surface area contributed by atoms with Gasteiger partial charge in [-0.25, -0.2) is 0 Å². The second-order valence-corrected chi connectivity index (χ2v) is 11.5. The van der Waals surface area contributed by atoms with E-state index >= 15 is 0 Å². The van der Waals surface area contributed by atoms with Crippen LogP contribution in [0.3, 0.4) is 0 Å². The summed E-state index contributed by atoms with van der Waals surface area (Å²) in [7, 11) is 0. The minimum Gasteiger partial charge on any atom is -0.348 e. The fourth-order valence-corrected chi connectivity index (χ4v) is 4.65. The van der Waals surface area contributed by atoms with Crippen LogP contribution in [0.1, 0.15) is 78.4 Å².